The monoisotopic (exact) mass is 384 g/mol. The van der Waals surface area contributed by atoms with Crippen LogP contribution in [0.3, 0.4) is 0 Å². The molecule has 2 N–H and O–H groups in total. The lowest BCUT2D eigenvalue weighted by Crippen LogP contribution is -2.29. The largest absolute Gasteiger partial charge is 0.491 e. The van der Waals surface area contributed by atoms with Crippen molar-refractivity contribution in [1.29, 1.82) is 0 Å². The molecule has 27 heavy (non-hydrogen) atoms. The first-order valence-electron chi connectivity index (χ1n) is 9.21. The molecular formula is C22H28N2O2S. The normalized spacial score (nSPS) is 10.3. The lowest BCUT2D eigenvalue weighted by atomic mass is 10.1. The zero-order chi connectivity index (χ0) is 19.5. The molecule has 0 fully saturated rings. The fourth-order valence-electron chi connectivity index (χ4n) is 2.53. The van der Waals surface area contributed by atoms with Crippen molar-refractivity contribution in [3.63, 3.8) is 0 Å². The van der Waals surface area contributed by atoms with Gasteiger partial charge in [-0.1, -0.05) is 30.9 Å². The summed E-state index contributed by atoms with van der Waals surface area (Å²) in [5, 5.41) is 7.03. The molecule has 0 saturated carbocycles. The quantitative estimate of drug-likeness (QED) is 0.344. The SMILES string of the molecule is C=CCOc1cccc(NC(=S)NCCCc2cccc(OC(C)C)c2)c1. The molecule has 5 heteroatoms. The lowest BCUT2D eigenvalue weighted by molar-refractivity contribution is 0.242. The Morgan fingerprint density at radius 2 is 1.93 bits per heavy atom. The summed E-state index contributed by atoms with van der Waals surface area (Å²) in [6, 6.07) is 16.0. The summed E-state index contributed by atoms with van der Waals surface area (Å²) >= 11 is 5.37. The summed E-state index contributed by atoms with van der Waals surface area (Å²) in [6.45, 7) is 9.00. The zero-order valence-corrected chi connectivity index (χ0v) is 16.9. The Hall–Kier alpha value is -2.53. The molecule has 2 aromatic rings. The second-order valence-corrected chi connectivity index (χ2v) is 6.83. The Morgan fingerprint density at radius 3 is 2.70 bits per heavy atom. The Kier molecular flexibility index (Phi) is 8.65. The number of hydrogen-bond acceptors (Lipinski definition) is 3. The highest BCUT2D eigenvalue weighted by Crippen LogP contribution is 2.18. The van der Waals surface area contributed by atoms with Gasteiger partial charge < -0.3 is 20.1 Å². The minimum Gasteiger partial charge on any atom is -0.491 e. The molecule has 0 aromatic heterocycles. The third kappa shape index (κ3) is 8.13. The number of hydrogen-bond donors (Lipinski definition) is 2. The molecule has 0 radical (unpaired) electrons. The third-order valence-electron chi connectivity index (χ3n) is 3.66. The molecule has 0 aliphatic carbocycles. The highest BCUT2D eigenvalue weighted by Gasteiger charge is 2.02. The number of ether oxygens (including phenoxy) is 2. The third-order valence-corrected chi connectivity index (χ3v) is 3.90. The van der Waals surface area contributed by atoms with E-state index in [0.717, 1.165) is 36.6 Å². The first-order chi connectivity index (χ1) is 13.1. The molecule has 0 amide bonds. The van der Waals surface area contributed by atoms with Gasteiger partial charge in [-0.25, -0.2) is 0 Å². The van der Waals surface area contributed by atoms with Crippen molar-refractivity contribution in [2.45, 2.75) is 32.8 Å². The first kappa shape index (κ1) is 20.8. The van der Waals surface area contributed by atoms with Gasteiger partial charge in [-0.3, -0.25) is 0 Å². The lowest BCUT2D eigenvalue weighted by Gasteiger charge is -2.12. The van der Waals surface area contributed by atoms with Gasteiger partial charge in [0.05, 0.1) is 6.10 Å². The van der Waals surface area contributed by atoms with Crippen molar-refractivity contribution < 1.29 is 9.47 Å². The summed E-state index contributed by atoms with van der Waals surface area (Å²) in [7, 11) is 0. The summed E-state index contributed by atoms with van der Waals surface area (Å²) in [5.41, 5.74) is 2.16. The van der Waals surface area contributed by atoms with Crippen molar-refractivity contribution in [1.82, 2.24) is 5.32 Å². The fourth-order valence-corrected chi connectivity index (χ4v) is 2.75. The fraction of sp³-hybridized carbons (Fsp3) is 0.318. The van der Waals surface area contributed by atoms with Gasteiger partial charge >= 0.3 is 0 Å². The second-order valence-electron chi connectivity index (χ2n) is 6.43. The number of anilines is 1. The van der Waals surface area contributed by atoms with E-state index in [-0.39, 0.29) is 6.10 Å². The maximum Gasteiger partial charge on any atom is 0.170 e. The summed E-state index contributed by atoms with van der Waals surface area (Å²) < 4.78 is 11.3. The molecule has 2 aromatic carbocycles. The molecule has 0 saturated heterocycles. The van der Waals surface area contributed by atoms with Crippen LogP contribution in [0.25, 0.3) is 0 Å². The Balaban J connectivity index is 1.72. The minimum absolute atomic E-state index is 0.186. The second kappa shape index (κ2) is 11.2. The van der Waals surface area contributed by atoms with E-state index < -0.39 is 0 Å². The van der Waals surface area contributed by atoms with Gasteiger partial charge in [0.1, 0.15) is 18.1 Å². The molecule has 0 unspecified atom stereocenters. The van der Waals surface area contributed by atoms with Gasteiger partial charge in [0, 0.05) is 18.3 Å². The van der Waals surface area contributed by atoms with Crippen LogP contribution >= 0.6 is 12.2 Å². The van der Waals surface area contributed by atoms with Crippen LogP contribution < -0.4 is 20.1 Å². The van der Waals surface area contributed by atoms with Gasteiger partial charge in [0.25, 0.3) is 0 Å². The Morgan fingerprint density at radius 1 is 1.15 bits per heavy atom. The zero-order valence-electron chi connectivity index (χ0n) is 16.0. The maximum absolute atomic E-state index is 5.74. The molecule has 0 spiro atoms. The molecule has 0 heterocycles. The van der Waals surface area contributed by atoms with Crippen LogP contribution in [0.4, 0.5) is 5.69 Å². The van der Waals surface area contributed by atoms with Gasteiger partial charge in [-0.05, 0) is 68.7 Å². The number of aryl methyl sites for hydroxylation is 1. The van der Waals surface area contributed by atoms with Gasteiger partial charge in [-0.2, -0.15) is 0 Å². The maximum atomic E-state index is 5.74. The van der Waals surface area contributed by atoms with Crippen molar-refractivity contribution >= 4 is 23.0 Å². The van der Waals surface area contributed by atoms with E-state index in [1.165, 1.54) is 5.56 Å². The van der Waals surface area contributed by atoms with E-state index in [1.54, 1.807) is 6.08 Å². The average Bonchev–Trinajstić information content (AvgIpc) is 2.64. The summed E-state index contributed by atoms with van der Waals surface area (Å²) in [5.74, 6) is 1.71. The van der Waals surface area contributed by atoms with Gasteiger partial charge in [0.15, 0.2) is 5.11 Å². The van der Waals surface area contributed by atoms with Crippen molar-refractivity contribution in [2.24, 2.45) is 0 Å². The van der Waals surface area contributed by atoms with Crippen LogP contribution in [0.2, 0.25) is 0 Å². The van der Waals surface area contributed by atoms with Crippen LogP contribution in [0.1, 0.15) is 25.8 Å². The van der Waals surface area contributed by atoms with E-state index >= 15 is 0 Å². The van der Waals surface area contributed by atoms with Crippen LogP contribution in [-0.4, -0.2) is 24.4 Å². The van der Waals surface area contributed by atoms with Gasteiger partial charge in [0.2, 0.25) is 0 Å². The van der Waals surface area contributed by atoms with Crippen LogP contribution in [0.5, 0.6) is 11.5 Å². The van der Waals surface area contributed by atoms with E-state index in [0.29, 0.717) is 11.7 Å². The predicted octanol–water partition coefficient (Wildman–Crippen LogP) is 4.96. The van der Waals surface area contributed by atoms with Crippen LogP contribution in [0.15, 0.2) is 61.2 Å². The van der Waals surface area contributed by atoms with E-state index in [9.17, 15) is 0 Å². The average molecular weight is 385 g/mol. The molecule has 0 atom stereocenters. The summed E-state index contributed by atoms with van der Waals surface area (Å²) in [6.07, 6.45) is 3.85. The standard InChI is InChI=1S/C22H28N2O2S/c1-4-14-25-20-11-6-10-19(16-20)24-22(27)23-13-7-9-18-8-5-12-21(15-18)26-17(2)3/h4-6,8,10-12,15-17H,1,7,9,13-14H2,2-3H3,(H2,23,24,27). The predicted molar refractivity (Wildman–Crippen MR) is 117 cm³/mol. The highest BCUT2D eigenvalue weighted by molar-refractivity contribution is 7.80. The Labute approximate surface area is 167 Å². The first-order valence-corrected chi connectivity index (χ1v) is 9.62. The molecule has 144 valence electrons. The summed E-state index contributed by atoms with van der Waals surface area (Å²) in [4.78, 5) is 0. The molecular weight excluding hydrogens is 356 g/mol. The minimum atomic E-state index is 0.186. The topological polar surface area (TPSA) is 42.5 Å². The molecule has 4 nitrogen and oxygen atoms in total. The van der Waals surface area contributed by atoms with Crippen LogP contribution in [0, 0.1) is 0 Å². The Bertz CT molecular complexity index is 747. The van der Waals surface area contributed by atoms with Crippen molar-refractivity contribution in [3.8, 4) is 11.5 Å². The van der Waals surface area contributed by atoms with E-state index in [4.69, 9.17) is 21.7 Å². The molecule has 0 bridgehead atoms. The van der Waals surface area contributed by atoms with Crippen molar-refractivity contribution in [3.05, 3.63) is 66.7 Å². The highest BCUT2D eigenvalue weighted by atomic mass is 32.1. The van der Waals surface area contributed by atoms with E-state index in [2.05, 4.69) is 29.3 Å². The number of rotatable bonds is 10. The number of thiocarbonyl (C=S) groups is 1. The molecule has 0 aliphatic heterocycles. The van der Waals surface area contributed by atoms with E-state index in [1.807, 2.05) is 50.2 Å². The van der Waals surface area contributed by atoms with Gasteiger partial charge in [-0.15, -0.1) is 0 Å². The number of nitrogens with one attached hydrogen (secondary N) is 2. The number of benzene rings is 2. The van der Waals surface area contributed by atoms with Crippen LogP contribution in [-0.2, 0) is 6.42 Å². The molecule has 2 rings (SSSR count). The van der Waals surface area contributed by atoms with Crippen molar-refractivity contribution in [2.75, 3.05) is 18.5 Å². The molecule has 0 aliphatic rings. The smallest absolute Gasteiger partial charge is 0.170 e.